The molecule has 0 atom stereocenters. The zero-order valence-electron chi connectivity index (χ0n) is 8.34. The molecule has 0 aromatic carbocycles. The summed E-state index contributed by atoms with van der Waals surface area (Å²) >= 11 is 0. The highest BCUT2D eigenvalue weighted by Gasteiger charge is 2.09. The van der Waals surface area contributed by atoms with E-state index >= 15 is 0 Å². The highest BCUT2D eigenvalue weighted by atomic mass is 15.5. The first-order chi connectivity index (χ1) is 5.83. The minimum Gasteiger partial charge on any atom is -0.302 e. The van der Waals surface area contributed by atoms with Crippen molar-refractivity contribution >= 4 is 0 Å². The van der Waals surface area contributed by atoms with E-state index in [1.807, 2.05) is 7.05 Å². The van der Waals surface area contributed by atoms with Gasteiger partial charge in [-0.2, -0.15) is 0 Å². The lowest BCUT2D eigenvalue weighted by Gasteiger charge is -2.28. The molecule has 0 saturated carbocycles. The fraction of sp³-hybridized carbons (Fsp3) is 1.00. The predicted molar refractivity (Wildman–Crippen MR) is 52.0 cm³/mol. The van der Waals surface area contributed by atoms with E-state index in [4.69, 9.17) is 0 Å². The van der Waals surface area contributed by atoms with Crippen LogP contribution in [-0.2, 0) is 0 Å². The van der Waals surface area contributed by atoms with Gasteiger partial charge in [0.1, 0.15) is 0 Å². The van der Waals surface area contributed by atoms with E-state index in [1.54, 1.807) is 0 Å². The molecule has 1 N–H and O–H groups in total. The quantitative estimate of drug-likeness (QED) is 0.623. The fourth-order valence-corrected chi connectivity index (χ4v) is 1.59. The Labute approximate surface area is 75.7 Å². The lowest BCUT2D eigenvalue weighted by molar-refractivity contribution is 0.175. The van der Waals surface area contributed by atoms with E-state index < -0.39 is 0 Å². The Balaban J connectivity index is 2.05. The SMILES string of the molecule is CNN(C)CCN1CCCCC1. The molecule has 0 aromatic heterocycles. The summed E-state index contributed by atoms with van der Waals surface area (Å²) in [6.07, 6.45) is 4.21. The van der Waals surface area contributed by atoms with Gasteiger partial charge in [0.2, 0.25) is 0 Å². The summed E-state index contributed by atoms with van der Waals surface area (Å²) in [4.78, 5) is 2.55. The average Bonchev–Trinajstić information content (AvgIpc) is 2.16. The minimum atomic E-state index is 1.12. The monoisotopic (exact) mass is 171 g/mol. The molecule has 1 heterocycles. The number of hydrogen-bond acceptors (Lipinski definition) is 3. The van der Waals surface area contributed by atoms with E-state index in [2.05, 4.69) is 22.4 Å². The number of likely N-dealkylation sites (tertiary alicyclic amines) is 1. The number of hydrazine groups is 1. The molecule has 1 rings (SSSR count). The van der Waals surface area contributed by atoms with E-state index in [0.717, 1.165) is 6.54 Å². The van der Waals surface area contributed by atoms with Crippen LogP contribution in [-0.4, -0.2) is 50.2 Å². The maximum Gasteiger partial charge on any atom is 0.0255 e. The second-order valence-corrected chi connectivity index (χ2v) is 3.55. The molecule has 1 aliphatic rings. The van der Waals surface area contributed by atoms with Gasteiger partial charge in [-0.1, -0.05) is 6.42 Å². The van der Waals surface area contributed by atoms with Gasteiger partial charge >= 0.3 is 0 Å². The Morgan fingerprint density at radius 3 is 2.50 bits per heavy atom. The fourth-order valence-electron chi connectivity index (χ4n) is 1.59. The topological polar surface area (TPSA) is 18.5 Å². The summed E-state index contributed by atoms with van der Waals surface area (Å²) in [5.41, 5.74) is 3.11. The van der Waals surface area contributed by atoms with E-state index in [9.17, 15) is 0 Å². The molecule has 3 heteroatoms. The Kier molecular flexibility index (Phi) is 4.58. The second-order valence-electron chi connectivity index (χ2n) is 3.55. The lowest BCUT2D eigenvalue weighted by atomic mass is 10.1. The van der Waals surface area contributed by atoms with Crippen LogP contribution >= 0.6 is 0 Å². The molecule has 0 unspecified atom stereocenters. The van der Waals surface area contributed by atoms with Crippen LogP contribution in [0.4, 0.5) is 0 Å². The third kappa shape index (κ3) is 3.52. The van der Waals surface area contributed by atoms with Crippen molar-refractivity contribution in [1.82, 2.24) is 15.3 Å². The maximum absolute atomic E-state index is 3.11. The Hall–Kier alpha value is -0.120. The second kappa shape index (κ2) is 5.51. The molecule has 1 aliphatic heterocycles. The van der Waals surface area contributed by atoms with E-state index in [-0.39, 0.29) is 0 Å². The van der Waals surface area contributed by atoms with E-state index in [0.29, 0.717) is 0 Å². The summed E-state index contributed by atoms with van der Waals surface area (Å²) < 4.78 is 0. The first kappa shape index (κ1) is 9.96. The third-order valence-electron chi connectivity index (χ3n) is 2.58. The highest BCUT2D eigenvalue weighted by Crippen LogP contribution is 2.07. The normalized spacial score (nSPS) is 20.2. The molecule has 3 nitrogen and oxygen atoms in total. The molecular formula is C9H21N3. The van der Waals surface area contributed by atoms with Crippen molar-refractivity contribution in [3.8, 4) is 0 Å². The van der Waals surface area contributed by atoms with E-state index in [1.165, 1.54) is 38.9 Å². The largest absolute Gasteiger partial charge is 0.302 e. The highest BCUT2D eigenvalue weighted by molar-refractivity contribution is 4.64. The number of piperidine rings is 1. The molecule has 0 bridgehead atoms. The first-order valence-corrected chi connectivity index (χ1v) is 4.94. The summed E-state index contributed by atoms with van der Waals surface area (Å²) in [7, 11) is 4.06. The number of rotatable bonds is 4. The summed E-state index contributed by atoms with van der Waals surface area (Å²) in [6.45, 7) is 4.93. The number of likely N-dealkylation sites (N-methyl/N-ethyl adjacent to an activating group) is 1. The van der Waals surface area contributed by atoms with Crippen molar-refractivity contribution in [1.29, 1.82) is 0 Å². The van der Waals surface area contributed by atoms with Crippen LogP contribution < -0.4 is 5.43 Å². The Morgan fingerprint density at radius 2 is 1.92 bits per heavy atom. The minimum absolute atomic E-state index is 1.12. The Bertz CT molecular complexity index is 110. The van der Waals surface area contributed by atoms with Crippen LogP contribution in [0.15, 0.2) is 0 Å². The first-order valence-electron chi connectivity index (χ1n) is 4.94. The number of nitrogens with one attached hydrogen (secondary N) is 1. The standard InChI is InChI=1S/C9H21N3/c1-10-11(2)8-9-12-6-4-3-5-7-12/h10H,3-9H2,1-2H3. The van der Waals surface area contributed by atoms with Gasteiger partial charge in [0.25, 0.3) is 0 Å². The van der Waals surface area contributed by atoms with Gasteiger partial charge in [-0.25, -0.2) is 5.01 Å². The lowest BCUT2D eigenvalue weighted by Crippen LogP contribution is -2.40. The zero-order valence-corrected chi connectivity index (χ0v) is 8.34. The molecule has 72 valence electrons. The molecule has 0 aromatic rings. The van der Waals surface area contributed by atoms with Crippen molar-refractivity contribution in [2.45, 2.75) is 19.3 Å². The summed E-state index contributed by atoms with van der Waals surface area (Å²) in [5.74, 6) is 0. The van der Waals surface area contributed by atoms with Crippen molar-refractivity contribution in [2.24, 2.45) is 0 Å². The number of hydrogen-bond donors (Lipinski definition) is 1. The molecule has 0 spiro atoms. The molecule has 0 amide bonds. The van der Waals surface area contributed by atoms with Crippen LogP contribution in [0.3, 0.4) is 0 Å². The van der Waals surface area contributed by atoms with Crippen LogP contribution in [0.25, 0.3) is 0 Å². The van der Waals surface area contributed by atoms with Crippen molar-refractivity contribution in [3.63, 3.8) is 0 Å². The molecule has 0 radical (unpaired) electrons. The number of nitrogens with zero attached hydrogens (tertiary/aromatic N) is 2. The smallest absolute Gasteiger partial charge is 0.0255 e. The predicted octanol–water partition coefficient (Wildman–Crippen LogP) is 0.538. The summed E-state index contributed by atoms with van der Waals surface area (Å²) in [6, 6.07) is 0. The average molecular weight is 171 g/mol. The van der Waals surface area contributed by atoms with Gasteiger partial charge in [0.05, 0.1) is 0 Å². The van der Waals surface area contributed by atoms with Crippen molar-refractivity contribution in [2.75, 3.05) is 40.3 Å². The molecule has 0 aliphatic carbocycles. The third-order valence-corrected chi connectivity index (χ3v) is 2.58. The Morgan fingerprint density at radius 1 is 1.25 bits per heavy atom. The molecular weight excluding hydrogens is 150 g/mol. The van der Waals surface area contributed by atoms with Gasteiger partial charge in [-0.3, -0.25) is 5.43 Å². The maximum atomic E-state index is 3.11. The van der Waals surface area contributed by atoms with Gasteiger partial charge < -0.3 is 4.90 Å². The van der Waals surface area contributed by atoms with Gasteiger partial charge in [-0.15, -0.1) is 0 Å². The van der Waals surface area contributed by atoms with Crippen LogP contribution in [0, 0.1) is 0 Å². The molecule has 12 heavy (non-hydrogen) atoms. The molecule has 1 fully saturated rings. The van der Waals surface area contributed by atoms with Crippen LogP contribution in [0.5, 0.6) is 0 Å². The molecule has 1 saturated heterocycles. The van der Waals surface area contributed by atoms with Gasteiger partial charge in [0.15, 0.2) is 0 Å². The summed E-state index contributed by atoms with van der Waals surface area (Å²) in [5, 5.41) is 2.13. The van der Waals surface area contributed by atoms with Crippen LogP contribution in [0.2, 0.25) is 0 Å². The van der Waals surface area contributed by atoms with Crippen molar-refractivity contribution in [3.05, 3.63) is 0 Å². The van der Waals surface area contributed by atoms with Gasteiger partial charge in [-0.05, 0) is 33.0 Å². The van der Waals surface area contributed by atoms with Crippen LogP contribution in [0.1, 0.15) is 19.3 Å². The van der Waals surface area contributed by atoms with Crippen molar-refractivity contribution < 1.29 is 0 Å². The zero-order chi connectivity index (χ0) is 8.81. The van der Waals surface area contributed by atoms with Gasteiger partial charge in [0, 0.05) is 20.1 Å².